The highest BCUT2D eigenvalue weighted by atomic mass is 19.4. The van der Waals surface area contributed by atoms with Gasteiger partial charge in [-0.25, -0.2) is 0 Å². The monoisotopic (exact) mass is 386 g/mol. The number of amides is 1. The number of carbonyl (C=O) groups is 1. The van der Waals surface area contributed by atoms with Crippen LogP contribution >= 0.6 is 0 Å². The summed E-state index contributed by atoms with van der Waals surface area (Å²) in [5.41, 5.74) is -1.58. The Morgan fingerprint density at radius 2 is 2.00 bits per heavy atom. The van der Waals surface area contributed by atoms with E-state index in [0.717, 1.165) is 18.6 Å². The van der Waals surface area contributed by atoms with Gasteiger partial charge in [-0.1, -0.05) is 20.8 Å². The third kappa shape index (κ3) is 7.87. The Morgan fingerprint density at radius 1 is 1.30 bits per heavy atom. The summed E-state index contributed by atoms with van der Waals surface area (Å²) in [7, 11) is 0. The molecular formula is C19H25F3N2O3. The molecule has 8 heteroatoms. The van der Waals surface area contributed by atoms with Crippen LogP contribution in [-0.4, -0.2) is 31.8 Å². The summed E-state index contributed by atoms with van der Waals surface area (Å²) >= 11 is 0. The molecular weight excluding hydrogens is 361 g/mol. The minimum atomic E-state index is -4.68. The molecule has 1 aromatic rings. The Hall–Kier alpha value is -2.27. The van der Waals surface area contributed by atoms with Crippen LogP contribution in [0.5, 0.6) is 5.75 Å². The number of nitrogens with one attached hydrogen (secondary N) is 1. The lowest BCUT2D eigenvalue weighted by Gasteiger charge is -2.21. The van der Waals surface area contributed by atoms with Crippen LogP contribution in [0.2, 0.25) is 0 Å². The minimum Gasteiger partial charge on any atom is -0.481 e. The number of alkyl halides is 3. The molecule has 0 aliphatic heterocycles. The van der Waals surface area contributed by atoms with E-state index in [2.05, 4.69) is 5.32 Å². The van der Waals surface area contributed by atoms with E-state index in [1.165, 1.54) is 12.1 Å². The molecule has 150 valence electrons. The van der Waals surface area contributed by atoms with Gasteiger partial charge in [-0.05, 0) is 37.0 Å². The quantitative estimate of drug-likeness (QED) is 0.619. The number of ether oxygens (including phenoxy) is 2. The first-order chi connectivity index (χ1) is 12.7. The molecule has 0 saturated heterocycles. The lowest BCUT2D eigenvalue weighted by atomic mass is 10.0. The highest BCUT2D eigenvalue weighted by Gasteiger charge is 2.34. The van der Waals surface area contributed by atoms with E-state index >= 15 is 0 Å². The summed E-state index contributed by atoms with van der Waals surface area (Å²) in [4.78, 5) is 12.4. The normalized spacial score (nSPS) is 12.5. The second-order valence-corrected chi connectivity index (χ2v) is 6.46. The Balaban J connectivity index is 2.87. The summed E-state index contributed by atoms with van der Waals surface area (Å²) in [5.74, 6) is -0.427. The second-order valence-electron chi connectivity index (χ2n) is 6.46. The van der Waals surface area contributed by atoms with E-state index in [0.29, 0.717) is 19.6 Å². The van der Waals surface area contributed by atoms with Crippen molar-refractivity contribution < 1.29 is 27.4 Å². The molecule has 1 amide bonds. The largest absolute Gasteiger partial charge is 0.481 e. The SMILES string of the molecule is CCCOCCNC(=O)C(CC(C)C)Oc1ccc(C#N)c(C(F)(F)F)c1. The van der Waals surface area contributed by atoms with E-state index in [4.69, 9.17) is 14.7 Å². The first-order valence-electron chi connectivity index (χ1n) is 8.82. The summed E-state index contributed by atoms with van der Waals surface area (Å²) < 4.78 is 50.1. The number of rotatable bonds is 10. The van der Waals surface area contributed by atoms with Crippen LogP contribution in [0.3, 0.4) is 0 Å². The van der Waals surface area contributed by atoms with Gasteiger partial charge in [-0.2, -0.15) is 18.4 Å². The lowest BCUT2D eigenvalue weighted by molar-refractivity contribution is -0.137. The zero-order valence-corrected chi connectivity index (χ0v) is 15.7. The van der Waals surface area contributed by atoms with Crippen molar-refractivity contribution in [3.63, 3.8) is 0 Å². The van der Waals surface area contributed by atoms with Crippen LogP contribution in [0.15, 0.2) is 18.2 Å². The molecule has 0 saturated carbocycles. The molecule has 0 aromatic heterocycles. The fourth-order valence-corrected chi connectivity index (χ4v) is 2.34. The molecule has 1 aromatic carbocycles. The summed E-state index contributed by atoms with van der Waals surface area (Å²) in [6.45, 7) is 6.97. The third-order valence-corrected chi connectivity index (χ3v) is 3.57. The van der Waals surface area contributed by atoms with Gasteiger partial charge in [0.2, 0.25) is 0 Å². The number of hydrogen-bond acceptors (Lipinski definition) is 4. The number of halogens is 3. The highest BCUT2D eigenvalue weighted by molar-refractivity contribution is 5.81. The van der Waals surface area contributed by atoms with Gasteiger partial charge in [0.15, 0.2) is 6.10 Å². The molecule has 5 nitrogen and oxygen atoms in total. The lowest BCUT2D eigenvalue weighted by Crippen LogP contribution is -2.40. The molecule has 0 aliphatic carbocycles. The maximum atomic E-state index is 13.1. The number of benzene rings is 1. The fraction of sp³-hybridized carbons (Fsp3) is 0.579. The standard InChI is InChI=1S/C19H25F3N2O3/c1-4-8-26-9-7-24-18(25)17(10-13(2)3)27-15-6-5-14(12-23)16(11-15)19(20,21)22/h5-6,11,13,17H,4,7-10H2,1-3H3,(H,24,25). The zero-order valence-electron chi connectivity index (χ0n) is 15.7. The highest BCUT2D eigenvalue weighted by Crippen LogP contribution is 2.34. The van der Waals surface area contributed by atoms with Crippen molar-refractivity contribution in [2.75, 3.05) is 19.8 Å². The van der Waals surface area contributed by atoms with Crippen molar-refractivity contribution in [2.45, 2.75) is 45.9 Å². The van der Waals surface area contributed by atoms with E-state index in [-0.39, 0.29) is 18.2 Å². The summed E-state index contributed by atoms with van der Waals surface area (Å²) in [6.07, 6.45) is -4.42. The molecule has 27 heavy (non-hydrogen) atoms. The number of nitriles is 1. The van der Waals surface area contributed by atoms with Gasteiger partial charge in [0, 0.05) is 13.2 Å². The molecule has 0 spiro atoms. The van der Waals surface area contributed by atoms with Crippen molar-refractivity contribution in [3.05, 3.63) is 29.3 Å². The number of carbonyl (C=O) groups excluding carboxylic acids is 1. The van der Waals surface area contributed by atoms with Crippen LogP contribution in [-0.2, 0) is 15.7 Å². The average molecular weight is 386 g/mol. The Morgan fingerprint density at radius 3 is 2.56 bits per heavy atom. The van der Waals surface area contributed by atoms with E-state index in [1.54, 1.807) is 0 Å². The minimum absolute atomic E-state index is 0.0950. The van der Waals surface area contributed by atoms with Crippen LogP contribution < -0.4 is 10.1 Å². The molecule has 0 fully saturated rings. The van der Waals surface area contributed by atoms with Gasteiger partial charge >= 0.3 is 6.18 Å². The van der Waals surface area contributed by atoms with Gasteiger partial charge in [-0.15, -0.1) is 0 Å². The van der Waals surface area contributed by atoms with Crippen LogP contribution in [0.25, 0.3) is 0 Å². The molecule has 0 radical (unpaired) electrons. The second kappa shape index (κ2) is 10.8. The molecule has 0 aliphatic rings. The first-order valence-corrected chi connectivity index (χ1v) is 8.82. The van der Waals surface area contributed by atoms with Crippen LogP contribution in [0.1, 0.15) is 44.7 Å². The van der Waals surface area contributed by atoms with Crippen LogP contribution in [0.4, 0.5) is 13.2 Å². The van der Waals surface area contributed by atoms with Gasteiger partial charge in [0.25, 0.3) is 5.91 Å². The van der Waals surface area contributed by atoms with Gasteiger partial charge < -0.3 is 14.8 Å². The molecule has 1 atom stereocenters. The van der Waals surface area contributed by atoms with Crippen molar-refractivity contribution in [2.24, 2.45) is 5.92 Å². The average Bonchev–Trinajstić information content (AvgIpc) is 2.59. The van der Waals surface area contributed by atoms with Crippen molar-refractivity contribution in [3.8, 4) is 11.8 Å². The molecule has 1 N–H and O–H groups in total. The van der Waals surface area contributed by atoms with Gasteiger partial charge in [0.05, 0.1) is 23.8 Å². The van der Waals surface area contributed by atoms with Crippen LogP contribution in [0, 0.1) is 17.2 Å². The van der Waals surface area contributed by atoms with Crippen molar-refractivity contribution in [1.29, 1.82) is 5.26 Å². The topological polar surface area (TPSA) is 71.3 Å². The number of nitrogens with zero attached hydrogens (tertiary/aromatic N) is 1. The summed E-state index contributed by atoms with van der Waals surface area (Å²) in [6, 6.07) is 4.57. The van der Waals surface area contributed by atoms with E-state index in [9.17, 15) is 18.0 Å². The Labute approximate surface area is 157 Å². The molecule has 1 rings (SSSR count). The molecule has 1 unspecified atom stereocenters. The summed E-state index contributed by atoms with van der Waals surface area (Å²) in [5, 5.41) is 11.5. The van der Waals surface area contributed by atoms with Crippen molar-refractivity contribution >= 4 is 5.91 Å². The van der Waals surface area contributed by atoms with E-state index < -0.39 is 29.3 Å². The molecule has 0 bridgehead atoms. The van der Waals surface area contributed by atoms with Gasteiger partial charge in [-0.3, -0.25) is 4.79 Å². The maximum absolute atomic E-state index is 13.1. The van der Waals surface area contributed by atoms with E-state index in [1.807, 2.05) is 20.8 Å². The number of hydrogen-bond donors (Lipinski definition) is 1. The van der Waals surface area contributed by atoms with Crippen molar-refractivity contribution in [1.82, 2.24) is 5.32 Å². The predicted molar refractivity (Wildman–Crippen MR) is 94.1 cm³/mol. The smallest absolute Gasteiger partial charge is 0.417 e. The van der Waals surface area contributed by atoms with Gasteiger partial charge in [0.1, 0.15) is 5.75 Å². The predicted octanol–water partition coefficient (Wildman–Crippen LogP) is 3.91. The first kappa shape index (κ1) is 22.8. The Kier molecular flexibility index (Phi) is 9.09. The third-order valence-electron chi connectivity index (χ3n) is 3.57. The zero-order chi connectivity index (χ0) is 20.4. The molecule has 0 heterocycles. The fourth-order valence-electron chi connectivity index (χ4n) is 2.34. The Bertz CT molecular complexity index is 655. The maximum Gasteiger partial charge on any atom is 0.417 e.